The molecule has 1 saturated carbocycles. The van der Waals surface area contributed by atoms with Gasteiger partial charge < -0.3 is 5.32 Å². The molecule has 1 N–H and O–H groups in total. The van der Waals surface area contributed by atoms with E-state index in [0.29, 0.717) is 11.5 Å². The molecule has 1 atom stereocenters. The van der Waals surface area contributed by atoms with E-state index < -0.39 is 0 Å². The van der Waals surface area contributed by atoms with Crippen molar-refractivity contribution in [3.05, 3.63) is 0 Å². The number of rotatable bonds is 3. The minimum absolute atomic E-state index is 0.108. The van der Waals surface area contributed by atoms with Gasteiger partial charge in [0.1, 0.15) is 0 Å². The zero-order valence-electron chi connectivity index (χ0n) is 13.0. The summed E-state index contributed by atoms with van der Waals surface area (Å²) in [6.45, 7) is 13.3. The van der Waals surface area contributed by atoms with Gasteiger partial charge >= 0.3 is 0 Å². The summed E-state index contributed by atoms with van der Waals surface area (Å²) in [6.07, 6.45) is 4.84. The van der Waals surface area contributed by atoms with E-state index in [0.717, 1.165) is 24.7 Å². The largest absolute Gasteiger partial charge is 0.353 e. The lowest BCUT2D eigenvalue weighted by Crippen LogP contribution is -2.41. The third-order valence-electron chi connectivity index (χ3n) is 4.72. The van der Waals surface area contributed by atoms with E-state index >= 15 is 0 Å². The van der Waals surface area contributed by atoms with Gasteiger partial charge in [-0.15, -0.1) is 0 Å². The van der Waals surface area contributed by atoms with E-state index in [4.69, 9.17) is 0 Å². The Morgan fingerprint density at radius 2 is 1.56 bits per heavy atom. The Morgan fingerprint density at radius 3 is 1.94 bits per heavy atom. The van der Waals surface area contributed by atoms with Gasteiger partial charge in [-0.1, -0.05) is 41.5 Å². The Hall–Kier alpha value is -0.530. The maximum atomic E-state index is 11.7. The Balaban J connectivity index is 2.40. The minimum atomic E-state index is 0.108. The zero-order chi connectivity index (χ0) is 13.9. The second-order valence-corrected chi connectivity index (χ2v) is 7.43. The highest BCUT2D eigenvalue weighted by atomic mass is 16.1. The van der Waals surface area contributed by atoms with Crippen LogP contribution in [0.4, 0.5) is 0 Å². The van der Waals surface area contributed by atoms with Crippen LogP contribution in [-0.2, 0) is 4.79 Å². The van der Waals surface area contributed by atoms with E-state index in [1.807, 2.05) is 13.8 Å². The van der Waals surface area contributed by atoms with Crippen molar-refractivity contribution in [2.75, 3.05) is 0 Å². The minimum Gasteiger partial charge on any atom is -0.353 e. The lowest BCUT2D eigenvalue weighted by Gasteiger charge is -2.39. The fourth-order valence-electron chi connectivity index (χ4n) is 2.84. The lowest BCUT2D eigenvalue weighted by molar-refractivity contribution is -0.125. The first-order chi connectivity index (χ1) is 8.21. The molecule has 1 aliphatic rings. The number of carbonyl (C=O) groups is 1. The van der Waals surface area contributed by atoms with Crippen molar-refractivity contribution in [3.63, 3.8) is 0 Å². The highest BCUT2D eigenvalue weighted by Gasteiger charge is 2.32. The maximum Gasteiger partial charge on any atom is 0.222 e. The summed E-state index contributed by atoms with van der Waals surface area (Å²) in [5.74, 6) is 1.91. The second-order valence-electron chi connectivity index (χ2n) is 7.43. The van der Waals surface area contributed by atoms with Crippen LogP contribution in [0.5, 0.6) is 0 Å². The van der Waals surface area contributed by atoms with Gasteiger partial charge in [0, 0.05) is 12.0 Å². The molecule has 0 spiro atoms. The first-order valence-electron chi connectivity index (χ1n) is 7.52. The fourth-order valence-corrected chi connectivity index (χ4v) is 2.84. The van der Waals surface area contributed by atoms with Crippen LogP contribution >= 0.6 is 0 Å². The highest BCUT2D eigenvalue weighted by Crippen LogP contribution is 2.39. The molecule has 0 unspecified atom stereocenters. The van der Waals surface area contributed by atoms with Gasteiger partial charge in [-0.3, -0.25) is 4.79 Å². The normalized spacial score (nSPS) is 27.1. The van der Waals surface area contributed by atoms with Gasteiger partial charge in [-0.2, -0.15) is 0 Å². The maximum absolute atomic E-state index is 11.7. The topological polar surface area (TPSA) is 29.1 Å². The summed E-state index contributed by atoms with van der Waals surface area (Å²) < 4.78 is 0. The first kappa shape index (κ1) is 15.5. The molecule has 0 heterocycles. The molecule has 0 bridgehead atoms. The molecule has 2 nitrogen and oxygen atoms in total. The quantitative estimate of drug-likeness (QED) is 0.809. The van der Waals surface area contributed by atoms with Gasteiger partial charge in [0.15, 0.2) is 0 Å². The molecular formula is C16H31NO. The summed E-state index contributed by atoms with van der Waals surface area (Å²) >= 11 is 0. The van der Waals surface area contributed by atoms with Crippen molar-refractivity contribution in [2.45, 2.75) is 73.3 Å². The van der Waals surface area contributed by atoms with Gasteiger partial charge in [0.2, 0.25) is 5.91 Å². The van der Waals surface area contributed by atoms with Crippen molar-refractivity contribution in [1.82, 2.24) is 5.32 Å². The average Bonchev–Trinajstić information content (AvgIpc) is 2.27. The third kappa shape index (κ3) is 4.29. The summed E-state index contributed by atoms with van der Waals surface area (Å²) in [6, 6.07) is 0.420. The third-order valence-corrected chi connectivity index (χ3v) is 4.72. The molecule has 2 heteroatoms. The average molecular weight is 253 g/mol. The molecule has 1 amide bonds. The Morgan fingerprint density at radius 1 is 1.06 bits per heavy atom. The molecule has 0 aromatic carbocycles. The predicted octanol–water partition coefficient (Wildman–Crippen LogP) is 4.00. The SMILES string of the molecule is CC(C)C(=O)N[C@H]1CC[C@H]([C@@H](C)C(C)(C)C)CC1. The van der Waals surface area contributed by atoms with Crippen LogP contribution in [0.2, 0.25) is 0 Å². The van der Waals surface area contributed by atoms with Gasteiger partial charge in [0.05, 0.1) is 0 Å². The smallest absolute Gasteiger partial charge is 0.222 e. The molecule has 106 valence electrons. The molecule has 1 rings (SSSR count). The molecule has 0 aromatic rings. The summed E-state index contributed by atoms with van der Waals surface area (Å²) in [5.41, 5.74) is 0.401. The molecule has 18 heavy (non-hydrogen) atoms. The van der Waals surface area contributed by atoms with E-state index in [1.165, 1.54) is 12.8 Å². The van der Waals surface area contributed by atoms with Crippen molar-refractivity contribution in [2.24, 2.45) is 23.2 Å². The van der Waals surface area contributed by atoms with Crippen LogP contribution < -0.4 is 5.32 Å². The Kier molecular flexibility index (Phi) is 5.24. The molecule has 0 saturated heterocycles. The molecule has 1 aliphatic carbocycles. The van der Waals surface area contributed by atoms with E-state index in [-0.39, 0.29) is 11.8 Å². The zero-order valence-corrected chi connectivity index (χ0v) is 13.0. The number of carbonyl (C=O) groups excluding carboxylic acids is 1. The second kappa shape index (κ2) is 6.08. The molecule has 0 radical (unpaired) electrons. The monoisotopic (exact) mass is 253 g/mol. The van der Waals surface area contributed by atoms with Gasteiger partial charge in [-0.05, 0) is 42.9 Å². The number of nitrogens with one attached hydrogen (secondary N) is 1. The van der Waals surface area contributed by atoms with Gasteiger partial charge in [0.25, 0.3) is 0 Å². The van der Waals surface area contributed by atoms with Crippen molar-refractivity contribution < 1.29 is 4.79 Å². The van der Waals surface area contributed by atoms with Crippen LogP contribution in [0.15, 0.2) is 0 Å². The fraction of sp³-hybridized carbons (Fsp3) is 0.938. The van der Waals surface area contributed by atoms with E-state index in [9.17, 15) is 4.79 Å². The van der Waals surface area contributed by atoms with Crippen molar-refractivity contribution in [3.8, 4) is 0 Å². The van der Waals surface area contributed by atoms with Crippen LogP contribution in [-0.4, -0.2) is 11.9 Å². The van der Waals surface area contributed by atoms with Gasteiger partial charge in [-0.25, -0.2) is 0 Å². The summed E-state index contributed by atoms with van der Waals surface area (Å²) in [4.78, 5) is 11.7. The van der Waals surface area contributed by atoms with Crippen molar-refractivity contribution in [1.29, 1.82) is 0 Å². The Labute approximate surface area is 113 Å². The van der Waals surface area contributed by atoms with Crippen LogP contribution in [0.25, 0.3) is 0 Å². The Bertz CT molecular complexity index is 269. The predicted molar refractivity (Wildman–Crippen MR) is 77.3 cm³/mol. The van der Waals surface area contributed by atoms with Crippen molar-refractivity contribution >= 4 is 5.91 Å². The van der Waals surface area contributed by atoms with E-state index in [2.05, 4.69) is 33.0 Å². The summed E-state index contributed by atoms with van der Waals surface area (Å²) in [7, 11) is 0. The standard InChI is InChI=1S/C16H31NO/c1-11(2)15(18)17-14-9-7-13(8-10-14)12(3)16(4,5)6/h11-14H,7-10H2,1-6H3,(H,17,18)/t12-,13-,14-/m1/s1. The van der Waals surface area contributed by atoms with Crippen LogP contribution in [0.3, 0.4) is 0 Å². The molecule has 0 aromatic heterocycles. The first-order valence-corrected chi connectivity index (χ1v) is 7.52. The molecule has 1 fully saturated rings. The highest BCUT2D eigenvalue weighted by molar-refractivity contribution is 5.78. The number of amides is 1. The molecular weight excluding hydrogens is 222 g/mol. The summed E-state index contributed by atoms with van der Waals surface area (Å²) in [5, 5.41) is 3.18. The van der Waals surface area contributed by atoms with E-state index in [1.54, 1.807) is 0 Å². The number of hydrogen-bond acceptors (Lipinski definition) is 1. The van der Waals surface area contributed by atoms with Crippen LogP contribution in [0, 0.1) is 23.2 Å². The van der Waals surface area contributed by atoms with Crippen LogP contribution in [0.1, 0.15) is 67.2 Å². The lowest BCUT2D eigenvalue weighted by atomic mass is 9.68. The molecule has 0 aliphatic heterocycles. The number of hydrogen-bond donors (Lipinski definition) is 1.